The molecule has 1 N–H and O–H groups in total. The first-order chi connectivity index (χ1) is 9.08. The van der Waals surface area contributed by atoms with Crippen LogP contribution in [0.3, 0.4) is 0 Å². The van der Waals surface area contributed by atoms with Crippen LogP contribution < -0.4 is 0 Å². The lowest BCUT2D eigenvalue weighted by atomic mass is 10.1. The first-order valence-electron chi connectivity index (χ1n) is 5.82. The number of thioether (sulfide) groups is 1. The van der Waals surface area contributed by atoms with Crippen molar-refractivity contribution in [3.05, 3.63) is 54.3 Å². The molecule has 0 aliphatic rings. The Bertz CT molecular complexity index is 581. The molecule has 0 heterocycles. The van der Waals surface area contributed by atoms with E-state index in [1.54, 1.807) is 37.3 Å². The lowest BCUT2D eigenvalue weighted by Crippen LogP contribution is -2.10. The van der Waals surface area contributed by atoms with Gasteiger partial charge in [-0.2, -0.15) is 0 Å². The number of hydrogen-bond donors (Lipinski definition) is 1. The predicted octanol–water partition coefficient (Wildman–Crippen LogP) is 4.06. The van der Waals surface area contributed by atoms with Gasteiger partial charge in [0.15, 0.2) is 0 Å². The summed E-state index contributed by atoms with van der Waals surface area (Å²) in [5.74, 6) is -1.11. The molecule has 98 valence electrons. The minimum Gasteiger partial charge on any atom is -0.480 e. The van der Waals surface area contributed by atoms with Gasteiger partial charge >= 0.3 is 5.97 Å². The van der Waals surface area contributed by atoms with Crippen LogP contribution in [0.25, 0.3) is 11.1 Å². The lowest BCUT2D eigenvalue weighted by Gasteiger charge is -2.07. The van der Waals surface area contributed by atoms with E-state index >= 15 is 0 Å². The number of carboxylic acid groups (broad SMARTS) is 1. The van der Waals surface area contributed by atoms with E-state index in [1.165, 1.54) is 17.8 Å². The Hall–Kier alpha value is -1.81. The van der Waals surface area contributed by atoms with Crippen LogP contribution in [0.2, 0.25) is 0 Å². The number of benzene rings is 2. The fraction of sp³-hybridized carbons (Fsp3) is 0.133. The normalized spacial score (nSPS) is 12.1. The van der Waals surface area contributed by atoms with Crippen molar-refractivity contribution in [1.29, 1.82) is 0 Å². The van der Waals surface area contributed by atoms with Gasteiger partial charge in [-0.1, -0.05) is 30.3 Å². The Morgan fingerprint density at radius 2 is 1.79 bits per heavy atom. The van der Waals surface area contributed by atoms with Crippen LogP contribution in [-0.2, 0) is 4.79 Å². The molecule has 0 fully saturated rings. The summed E-state index contributed by atoms with van der Waals surface area (Å²) in [5.41, 5.74) is 1.33. The van der Waals surface area contributed by atoms with Crippen LogP contribution >= 0.6 is 11.8 Å². The van der Waals surface area contributed by atoms with E-state index in [1.807, 2.05) is 12.1 Å². The van der Waals surface area contributed by atoms with Crippen molar-refractivity contribution >= 4 is 17.7 Å². The molecule has 0 saturated carbocycles. The van der Waals surface area contributed by atoms with Crippen LogP contribution in [0.4, 0.5) is 4.39 Å². The monoisotopic (exact) mass is 276 g/mol. The molecule has 2 nitrogen and oxygen atoms in total. The maximum Gasteiger partial charge on any atom is 0.316 e. The van der Waals surface area contributed by atoms with Gasteiger partial charge in [0.1, 0.15) is 11.1 Å². The molecule has 0 amide bonds. The van der Waals surface area contributed by atoms with E-state index in [4.69, 9.17) is 5.11 Å². The van der Waals surface area contributed by atoms with Crippen molar-refractivity contribution in [2.45, 2.75) is 17.1 Å². The molecule has 0 saturated heterocycles. The van der Waals surface area contributed by atoms with Crippen LogP contribution in [-0.4, -0.2) is 16.3 Å². The SMILES string of the molecule is CC(Sc1ccc(-c2ccccc2F)cc1)C(=O)O. The van der Waals surface area contributed by atoms with Crippen LogP contribution in [0.15, 0.2) is 53.4 Å². The largest absolute Gasteiger partial charge is 0.480 e. The van der Waals surface area contributed by atoms with E-state index in [0.29, 0.717) is 5.56 Å². The minimum atomic E-state index is -0.844. The molecular formula is C15H13FO2S. The maximum absolute atomic E-state index is 13.6. The zero-order valence-electron chi connectivity index (χ0n) is 10.3. The number of hydrogen-bond acceptors (Lipinski definition) is 2. The molecule has 0 aliphatic heterocycles. The number of carbonyl (C=O) groups is 1. The Balaban J connectivity index is 2.19. The Labute approximate surface area is 115 Å². The number of rotatable bonds is 4. The fourth-order valence-electron chi connectivity index (χ4n) is 1.66. The Morgan fingerprint density at radius 1 is 1.16 bits per heavy atom. The van der Waals surface area contributed by atoms with Gasteiger partial charge in [0.2, 0.25) is 0 Å². The van der Waals surface area contributed by atoms with E-state index in [9.17, 15) is 9.18 Å². The molecular weight excluding hydrogens is 263 g/mol. The average Bonchev–Trinajstić information content (AvgIpc) is 2.40. The highest BCUT2D eigenvalue weighted by Gasteiger charge is 2.12. The molecule has 1 unspecified atom stereocenters. The van der Waals surface area contributed by atoms with Gasteiger partial charge in [0.25, 0.3) is 0 Å². The fourth-order valence-corrected chi connectivity index (χ4v) is 2.47. The topological polar surface area (TPSA) is 37.3 Å². The lowest BCUT2D eigenvalue weighted by molar-refractivity contribution is -0.136. The molecule has 0 aromatic heterocycles. The molecule has 19 heavy (non-hydrogen) atoms. The zero-order chi connectivity index (χ0) is 13.8. The van der Waals surface area contributed by atoms with Crippen molar-refractivity contribution in [3.8, 4) is 11.1 Å². The summed E-state index contributed by atoms with van der Waals surface area (Å²) in [6.07, 6.45) is 0. The van der Waals surface area contributed by atoms with Crippen molar-refractivity contribution < 1.29 is 14.3 Å². The highest BCUT2D eigenvalue weighted by molar-refractivity contribution is 8.00. The molecule has 0 aliphatic carbocycles. The Morgan fingerprint density at radius 3 is 2.37 bits per heavy atom. The minimum absolute atomic E-state index is 0.262. The Kier molecular flexibility index (Phi) is 4.22. The predicted molar refractivity (Wildman–Crippen MR) is 74.8 cm³/mol. The summed E-state index contributed by atoms with van der Waals surface area (Å²) in [7, 11) is 0. The van der Waals surface area contributed by atoms with Crippen molar-refractivity contribution in [2.75, 3.05) is 0 Å². The van der Waals surface area contributed by atoms with Crippen LogP contribution in [0.5, 0.6) is 0 Å². The zero-order valence-corrected chi connectivity index (χ0v) is 11.2. The summed E-state index contributed by atoms with van der Waals surface area (Å²) in [4.78, 5) is 11.6. The molecule has 2 rings (SSSR count). The first-order valence-corrected chi connectivity index (χ1v) is 6.70. The van der Waals surface area contributed by atoms with Gasteiger partial charge in [-0.3, -0.25) is 4.79 Å². The van der Waals surface area contributed by atoms with E-state index in [-0.39, 0.29) is 5.82 Å². The van der Waals surface area contributed by atoms with Gasteiger partial charge in [-0.15, -0.1) is 11.8 Å². The molecule has 4 heteroatoms. The second-order valence-electron chi connectivity index (χ2n) is 4.10. The van der Waals surface area contributed by atoms with Crippen molar-refractivity contribution in [3.63, 3.8) is 0 Å². The third-order valence-corrected chi connectivity index (χ3v) is 3.80. The third-order valence-electron chi connectivity index (χ3n) is 2.70. The molecule has 2 aromatic rings. The first kappa shape index (κ1) is 13.6. The van der Waals surface area contributed by atoms with Crippen molar-refractivity contribution in [2.24, 2.45) is 0 Å². The summed E-state index contributed by atoms with van der Waals surface area (Å²) in [6.45, 7) is 1.64. The van der Waals surface area contributed by atoms with Gasteiger partial charge in [-0.05, 0) is 30.7 Å². The molecule has 1 atom stereocenters. The smallest absolute Gasteiger partial charge is 0.316 e. The van der Waals surface area contributed by atoms with E-state index in [0.717, 1.165) is 10.5 Å². The van der Waals surface area contributed by atoms with Gasteiger partial charge in [0.05, 0.1) is 0 Å². The quantitative estimate of drug-likeness (QED) is 0.856. The molecule has 0 radical (unpaired) electrons. The van der Waals surface area contributed by atoms with E-state index < -0.39 is 11.2 Å². The molecule has 0 spiro atoms. The summed E-state index contributed by atoms with van der Waals surface area (Å²) in [6, 6.07) is 13.8. The number of carboxylic acids is 1. The van der Waals surface area contributed by atoms with Gasteiger partial charge < -0.3 is 5.11 Å². The van der Waals surface area contributed by atoms with Crippen LogP contribution in [0.1, 0.15) is 6.92 Å². The standard InChI is InChI=1S/C15H13FO2S/c1-10(15(17)18)19-12-8-6-11(7-9-12)13-4-2-3-5-14(13)16/h2-10H,1H3,(H,17,18). The summed E-state index contributed by atoms with van der Waals surface area (Å²) in [5, 5.41) is 8.34. The highest BCUT2D eigenvalue weighted by atomic mass is 32.2. The summed E-state index contributed by atoms with van der Waals surface area (Å²) >= 11 is 1.27. The van der Waals surface area contributed by atoms with Crippen molar-refractivity contribution in [1.82, 2.24) is 0 Å². The van der Waals surface area contributed by atoms with Crippen LogP contribution in [0, 0.1) is 5.82 Å². The van der Waals surface area contributed by atoms with Gasteiger partial charge in [0, 0.05) is 10.5 Å². The molecule has 2 aromatic carbocycles. The highest BCUT2D eigenvalue weighted by Crippen LogP contribution is 2.28. The average molecular weight is 276 g/mol. The van der Waals surface area contributed by atoms with E-state index in [2.05, 4.69) is 0 Å². The number of halogens is 1. The molecule has 0 bridgehead atoms. The maximum atomic E-state index is 13.6. The summed E-state index contributed by atoms with van der Waals surface area (Å²) < 4.78 is 13.6. The second kappa shape index (κ2) is 5.89. The number of aliphatic carboxylic acids is 1. The second-order valence-corrected chi connectivity index (χ2v) is 5.52. The van der Waals surface area contributed by atoms with Gasteiger partial charge in [-0.25, -0.2) is 4.39 Å². The third kappa shape index (κ3) is 3.35.